The van der Waals surface area contributed by atoms with E-state index in [2.05, 4.69) is 17.2 Å². The average molecular weight is 514 g/mol. The van der Waals surface area contributed by atoms with E-state index in [0.29, 0.717) is 42.6 Å². The maximum absolute atomic E-state index is 13.0. The fourth-order valence-electron chi connectivity index (χ4n) is 3.99. The van der Waals surface area contributed by atoms with Crippen molar-refractivity contribution < 1.29 is 17.9 Å². The molecule has 0 spiro atoms. The minimum Gasteiger partial charge on any atom is -0.494 e. The summed E-state index contributed by atoms with van der Waals surface area (Å²) >= 11 is 1.38. The monoisotopic (exact) mass is 513 g/mol. The number of nitrogens with one attached hydrogen (secondary N) is 1. The molecule has 7 nitrogen and oxygen atoms in total. The molecule has 9 heteroatoms. The highest BCUT2D eigenvalue weighted by atomic mass is 32.2. The molecule has 186 valence electrons. The Bertz CT molecular complexity index is 1280. The fourth-order valence-corrected chi connectivity index (χ4v) is 6.27. The first kappa shape index (κ1) is 25.3. The molecule has 35 heavy (non-hydrogen) atoms. The van der Waals surface area contributed by atoms with Gasteiger partial charge in [-0.3, -0.25) is 4.79 Å². The van der Waals surface area contributed by atoms with Gasteiger partial charge < -0.3 is 10.1 Å². The summed E-state index contributed by atoms with van der Waals surface area (Å²) in [6.07, 6.45) is 1.92. The number of benzene rings is 2. The van der Waals surface area contributed by atoms with Crippen LogP contribution in [0, 0.1) is 19.8 Å². The van der Waals surface area contributed by atoms with E-state index in [-0.39, 0.29) is 11.8 Å². The minimum absolute atomic E-state index is 0.113. The Balaban J connectivity index is 1.33. The molecule has 1 N–H and O–H groups in total. The fraction of sp³-hybridized carbons (Fsp3) is 0.385. The number of sulfonamides is 1. The van der Waals surface area contributed by atoms with Crippen LogP contribution >= 0.6 is 11.3 Å². The maximum Gasteiger partial charge on any atom is 0.243 e. The lowest BCUT2D eigenvalue weighted by molar-refractivity contribution is -0.120. The number of rotatable bonds is 8. The van der Waals surface area contributed by atoms with Crippen molar-refractivity contribution in [3.63, 3.8) is 0 Å². The molecule has 2 aromatic carbocycles. The molecule has 1 saturated heterocycles. The van der Waals surface area contributed by atoms with E-state index < -0.39 is 10.0 Å². The highest BCUT2D eigenvalue weighted by Gasteiger charge is 2.32. The van der Waals surface area contributed by atoms with Crippen LogP contribution in [-0.2, 0) is 14.8 Å². The van der Waals surface area contributed by atoms with Crippen LogP contribution in [0.3, 0.4) is 0 Å². The number of carbonyl (C=O) groups is 1. The van der Waals surface area contributed by atoms with E-state index in [4.69, 9.17) is 4.74 Å². The molecule has 4 rings (SSSR count). The first-order chi connectivity index (χ1) is 16.8. The summed E-state index contributed by atoms with van der Waals surface area (Å²) in [5.41, 5.74) is 3.75. The van der Waals surface area contributed by atoms with Gasteiger partial charge in [-0.1, -0.05) is 13.0 Å². The molecule has 1 fully saturated rings. The lowest BCUT2D eigenvalue weighted by atomic mass is 9.97. The molecular formula is C26H31N3O4S2. The van der Waals surface area contributed by atoms with Gasteiger partial charge in [-0.2, -0.15) is 4.31 Å². The number of hydrogen-bond donors (Lipinski definition) is 1. The Morgan fingerprint density at radius 1 is 1.11 bits per heavy atom. The molecule has 1 aliphatic rings. The summed E-state index contributed by atoms with van der Waals surface area (Å²) in [7, 11) is -3.56. The van der Waals surface area contributed by atoms with Gasteiger partial charge in [0.2, 0.25) is 15.9 Å². The van der Waals surface area contributed by atoms with Crippen molar-refractivity contribution in [1.82, 2.24) is 9.29 Å². The number of aryl methyl sites for hydroxylation is 2. The molecular weight excluding hydrogens is 482 g/mol. The Labute approximate surface area is 211 Å². The number of nitrogens with zero attached hydrogens (tertiary/aromatic N) is 2. The average Bonchev–Trinajstić information content (AvgIpc) is 3.33. The second-order valence-corrected chi connectivity index (χ2v) is 11.6. The Hall–Kier alpha value is -2.75. The Morgan fingerprint density at radius 2 is 1.83 bits per heavy atom. The van der Waals surface area contributed by atoms with Gasteiger partial charge in [0.15, 0.2) is 5.13 Å². The number of thiazole rings is 1. The largest absolute Gasteiger partial charge is 0.494 e. The maximum atomic E-state index is 13.0. The van der Waals surface area contributed by atoms with Gasteiger partial charge in [0.05, 0.1) is 17.2 Å². The van der Waals surface area contributed by atoms with Crippen LogP contribution in [-0.4, -0.2) is 43.3 Å². The summed E-state index contributed by atoms with van der Waals surface area (Å²) in [5, 5.41) is 5.37. The van der Waals surface area contributed by atoms with Crippen LogP contribution in [0.5, 0.6) is 5.75 Å². The molecule has 3 aromatic rings. The first-order valence-corrected chi connectivity index (χ1v) is 14.2. The van der Waals surface area contributed by atoms with Crippen LogP contribution in [0.15, 0.2) is 52.7 Å². The standard InChI is InChI=1S/C26H31N3O4S2/c1-4-15-33-22-8-6-20(7-9-22)24-17-34-26(27-24)28-25(30)21-11-13-29(14-12-21)35(31,32)23-10-5-18(2)19(3)16-23/h5-10,16-17,21H,4,11-15H2,1-3H3,(H,27,28,30). The predicted octanol–water partition coefficient (Wildman–Crippen LogP) is 5.26. The third kappa shape index (κ3) is 5.91. The van der Waals surface area contributed by atoms with Crippen molar-refractivity contribution in [2.45, 2.75) is 44.9 Å². The molecule has 1 aromatic heterocycles. The van der Waals surface area contributed by atoms with Crippen molar-refractivity contribution in [2.75, 3.05) is 25.0 Å². The molecule has 0 bridgehead atoms. The highest BCUT2D eigenvalue weighted by molar-refractivity contribution is 7.89. The predicted molar refractivity (Wildman–Crippen MR) is 139 cm³/mol. The summed E-state index contributed by atoms with van der Waals surface area (Å²) < 4.78 is 33.2. The number of piperidine rings is 1. The Kier molecular flexibility index (Phi) is 7.88. The van der Waals surface area contributed by atoms with Gasteiger partial charge in [0.25, 0.3) is 0 Å². The minimum atomic E-state index is -3.56. The van der Waals surface area contributed by atoms with Crippen molar-refractivity contribution in [3.05, 3.63) is 59.0 Å². The van der Waals surface area contributed by atoms with E-state index in [1.807, 2.05) is 49.6 Å². The molecule has 2 heterocycles. The third-order valence-corrected chi connectivity index (χ3v) is 8.95. The van der Waals surface area contributed by atoms with Gasteiger partial charge in [-0.15, -0.1) is 11.3 Å². The third-order valence-electron chi connectivity index (χ3n) is 6.30. The molecule has 0 unspecified atom stereocenters. The molecule has 0 atom stereocenters. The first-order valence-electron chi connectivity index (χ1n) is 11.8. The normalized spacial score (nSPS) is 15.2. The number of carbonyl (C=O) groups excluding carboxylic acids is 1. The van der Waals surface area contributed by atoms with E-state index in [9.17, 15) is 13.2 Å². The summed E-state index contributed by atoms with van der Waals surface area (Å²) in [6.45, 7) is 7.26. The molecule has 0 radical (unpaired) electrons. The van der Waals surface area contributed by atoms with E-state index in [0.717, 1.165) is 34.6 Å². The second kappa shape index (κ2) is 10.9. The van der Waals surface area contributed by atoms with Gasteiger partial charge in [-0.25, -0.2) is 13.4 Å². The quantitative estimate of drug-likeness (QED) is 0.444. The van der Waals surface area contributed by atoms with Gasteiger partial charge >= 0.3 is 0 Å². The molecule has 0 saturated carbocycles. The number of anilines is 1. The van der Waals surface area contributed by atoms with Gasteiger partial charge in [0.1, 0.15) is 5.75 Å². The number of ether oxygens (including phenoxy) is 1. The smallest absolute Gasteiger partial charge is 0.243 e. The second-order valence-electron chi connectivity index (χ2n) is 8.82. The van der Waals surface area contributed by atoms with E-state index in [1.54, 1.807) is 12.1 Å². The molecule has 1 amide bonds. The number of amides is 1. The van der Waals surface area contributed by atoms with Crippen molar-refractivity contribution >= 4 is 32.4 Å². The zero-order valence-electron chi connectivity index (χ0n) is 20.3. The zero-order valence-corrected chi connectivity index (χ0v) is 21.9. The summed E-state index contributed by atoms with van der Waals surface area (Å²) in [5.74, 6) is 0.464. The lowest BCUT2D eigenvalue weighted by Gasteiger charge is -2.30. The highest BCUT2D eigenvalue weighted by Crippen LogP contribution is 2.29. The van der Waals surface area contributed by atoms with E-state index in [1.165, 1.54) is 15.6 Å². The van der Waals surface area contributed by atoms with Gasteiger partial charge in [-0.05, 0) is 80.6 Å². The molecule has 0 aliphatic carbocycles. The van der Waals surface area contributed by atoms with Crippen LogP contribution in [0.2, 0.25) is 0 Å². The number of aromatic nitrogens is 1. The molecule has 1 aliphatic heterocycles. The topological polar surface area (TPSA) is 88.6 Å². The summed E-state index contributed by atoms with van der Waals surface area (Å²) in [4.78, 5) is 17.7. The lowest BCUT2D eigenvalue weighted by Crippen LogP contribution is -2.41. The zero-order chi connectivity index (χ0) is 25.0. The van der Waals surface area contributed by atoms with Crippen molar-refractivity contribution in [1.29, 1.82) is 0 Å². The van der Waals surface area contributed by atoms with Crippen LogP contribution < -0.4 is 10.1 Å². The van der Waals surface area contributed by atoms with E-state index >= 15 is 0 Å². The number of hydrogen-bond acceptors (Lipinski definition) is 6. The Morgan fingerprint density at radius 3 is 2.49 bits per heavy atom. The van der Waals surface area contributed by atoms with Crippen LogP contribution in [0.4, 0.5) is 5.13 Å². The van der Waals surface area contributed by atoms with Crippen LogP contribution in [0.25, 0.3) is 11.3 Å². The SMILES string of the molecule is CCCOc1ccc(-c2csc(NC(=O)C3CCN(S(=O)(=O)c4ccc(C)c(C)c4)CC3)n2)cc1. The van der Waals surface area contributed by atoms with Crippen molar-refractivity contribution in [2.24, 2.45) is 5.92 Å². The van der Waals surface area contributed by atoms with Crippen molar-refractivity contribution in [3.8, 4) is 17.0 Å². The summed E-state index contributed by atoms with van der Waals surface area (Å²) in [6, 6.07) is 13.0. The van der Waals surface area contributed by atoms with Crippen LogP contribution in [0.1, 0.15) is 37.3 Å². The van der Waals surface area contributed by atoms with Gasteiger partial charge in [0, 0.05) is 30.0 Å².